The smallest absolute Gasteiger partial charge is 0.159 e. The van der Waals surface area contributed by atoms with E-state index in [0.29, 0.717) is 6.04 Å². The van der Waals surface area contributed by atoms with Crippen molar-refractivity contribution in [2.75, 3.05) is 0 Å². The molecule has 1 aliphatic carbocycles. The average Bonchev–Trinajstić information content (AvgIpc) is 3.37. The van der Waals surface area contributed by atoms with E-state index in [0.717, 1.165) is 23.6 Å². The van der Waals surface area contributed by atoms with Crippen molar-refractivity contribution in [3.63, 3.8) is 0 Å². The fourth-order valence-corrected chi connectivity index (χ4v) is 2.50. The van der Waals surface area contributed by atoms with Gasteiger partial charge in [-0.1, -0.05) is 36.4 Å². The zero-order valence-corrected chi connectivity index (χ0v) is 11.8. The van der Waals surface area contributed by atoms with Gasteiger partial charge in [-0.3, -0.25) is 0 Å². The van der Waals surface area contributed by atoms with E-state index < -0.39 is 0 Å². The molecule has 1 saturated carbocycles. The molecule has 1 N–H and O–H groups in total. The molecule has 0 bridgehead atoms. The van der Waals surface area contributed by atoms with Gasteiger partial charge < -0.3 is 5.32 Å². The minimum Gasteiger partial charge on any atom is -0.308 e. The zero-order valence-electron chi connectivity index (χ0n) is 11.8. The number of fused-ring (bicyclic) bond motifs is 1. The van der Waals surface area contributed by atoms with Gasteiger partial charge in [-0.15, -0.1) is 0 Å². The highest BCUT2D eigenvalue weighted by Crippen LogP contribution is 2.22. The summed E-state index contributed by atoms with van der Waals surface area (Å²) in [7, 11) is 0. The maximum Gasteiger partial charge on any atom is 0.159 e. The molecule has 2 aromatic carbocycles. The fourth-order valence-electron chi connectivity index (χ4n) is 2.50. The number of nitrogens with one attached hydrogen (secondary N) is 1. The van der Waals surface area contributed by atoms with E-state index >= 15 is 0 Å². The van der Waals surface area contributed by atoms with E-state index in [1.807, 2.05) is 12.3 Å². The number of benzene rings is 2. The summed E-state index contributed by atoms with van der Waals surface area (Å²) in [6, 6.07) is 17.4. The van der Waals surface area contributed by atoms with Crippen LogP contribution in [0.25, 0.3) is 22.2 Å². The summed E-state index contributed by atoms with van der Waals surface area (Å²) in [4.78, 5) is 9.10. The van der Waals surface area contributed by atoms with E-state index in [1.54, 1.807) is 0 Å². The molecule has 1 aliphatic rings. The lowest BCUT2D eigenvalue weighted by molar-refractivity contribution is 0.673. The SMILES string of the molecule is c1ccc2cc(-c3nccc(CNC4CC4)n3)ccc2c1. The van der Waals surface area contributed by atoms with Crippen molar-refractivity contribution in [3.05, 3.63) is 60.4 Å². The molecule has 1 aromatic heterocycles. The molecule has 0 spiro atoms. The number of aromatic nitrogens is 2. The minimum absolute atomic E-state index is 0.698. The van der Waals surface area contributed by atoms with Crippen LogP contribution in [0.4, 0.5) is 0 Å². The number of hydrogen-bond acceptors (Lipinski definition) is 3. The largest absolute Gasteiger partial charge is 0.308 e. The van der Waals surface area contributed by atoms with Crippen molar-refractivity contribution in [1.82, 2.24) is 15.3 Å². The summed E-state index contributed by atoms with van der Waals surface area (Å²) < 4.78 is 0. The Balaban J connectivity index is 1.65. The van der Waals surface area contributed by atoms with Crippen LogP contribution in [0.2, 0.25) is 0 Å². The van der Waals surface area contributed by atoms with Crippen molar-refractivity contribution in [1.29, 1.82) is 0 Å². The van der Waals surface area contributed by atoms with Gasteiger partial charge in [-0.2, -0.15) is 0 Å². The molecule has 104 valence electrons. The van der Waals surface area contributed by atoms with Gasteiger partial charge in [0, 0.05) is 24.3 Å². The third-order valence-electron chi connectivity index (χ3n) is 3.87. The lowest BCUT2D eigenvalue weighted by Crippen LogP contribution is -2.16. The Bertz CT molecular complexity index is 778. The highest BCUT2D eigenvalue weighted by molar-refractivity contribution is 5.86. The van der Waals surface area contributed by atoms with Gasteiger partial charge in [0.2, 0.25) is 0 Å². The summed E-state index contributed by atoms with van der Waals surface area (Å²) in [6.45, 7) is 0.827. The Morgan fingerprint density at radius 3 is 2.71 bits per heavy atom. The predicted octanol–water partition coefficient (Wildman–Crippen LogP) is 3.55. The van der Waals surface area contributed by atoms with Crippen LogP contribution in [-0.2, 0) is 6.54 Å². The van der Waals surface area contributed by atoms with Crippen LogP contribution in [-0.4, -0.2) is 16.0 Å². The van der Waals surface area contributed by atoms with Crippen LogP contribution in [0.3, 0.4) is 0 Å². The predicted molar refractivity (Wildman–Crippen MR) is 84.8 cm³/mol. The molecule has 0 amide bonds. The Morgan fingerprint density at radius 2 is 1.86 bits per heavy atom. The second-order valence-corrected chi connectivity index (χ2v) is 5.59. The van der Waals surface area contributed by atoms with E-state index in [-0.39, 0.29) is 0 Å². The first kappa shape index (κ1) is 12.5. The first-order valence-electron chi connectivity index (χ1n) is 7.43. The molecule has 0 aliphatic heterocycles. The van der Waals surface area contributed by atoms with Crippen LogP contribution < -0.4 is 5.32 Å². The van der Waals surface area contributed by atoms with Crippen molar-refractivity contribution in [2.45, 2.75) is 25.4 Å². The maximum atomic E-state index is 4.68. The van der Waals surface area contributed by atoms with Gasteiger partial charge >= 0.3 is 0 Å². The molecular weight excluding hydrogens is 258 g/mol. The molecular formula is C18H17N3. The van der Waals surface area contributed by atoms with E-state index in [1.165, 1.54) is 23.6 Å². The molecule has 0 atom stereocenters. The van der Waals surface area contributed by atoms with Gasteiger partial charge in [0.25, 0.3) is 0 Å². The fraction of sp³-hybridized carbons (Fsp3) is 0.222. The molecule has 1 heterocycles. The maximum absolute atomic E-state index is 4.68. The molecule has 21 heavy (non-hydrogen) atoms. The monoisotopic (exact) mass is 275 g/mol. The number of rotatable bonds is 4. The highest BCUT2D eigenvalue weighted by Gasteiger charge is 2.20. The van der Waals surface area contributed by atoms with Crippen LogP contribution in [0.5, 0.6) is 0 Å². The van der Waals surface area contributed by atoms with Crippen LogP contribution >= 0.6 is 0 Å². The van der Waals surface area contributed by atoms with E-state index in [2.05, 4.69) is 57.7 Å². The van der Waals surface area contributed by atoms with Gasteiger partial charge in [-0.25, -0.2) is 9.97 Å². The third-order valence-corrected chi connectivity index (χ3v) is 3.87. The van der Waals surface area contributed by atoms with Gasteiger partial charge in [0.1, 0.15) is 0 Å². The van der Waals surface area contributed by atoms with Crippen LogP contribution in [0, 0.1) is 0 Å². The Hall–Kier alpha value is -2.26. The van der Waals surface area contributed by atoms with E-state index in [9.17, 15) is 0 Å². The summed E-state index contributed by atoms with van der Waals surface area (Å²) >= 11 is 0. The topological polar surface area (TPSA) is 37.8 Å². The van der Waals surface area contributed by atoms with Gasteiger partial charge in [-0.05, 0) is 35.7 Å². The normalized spacial score (nSPS) is 14.5. The van der Waals surface area contributed by atoms with Crippen LogP contribution in [0.1, 0.15) is 18.5 Å². The standard InChI is InChI=1S/C18H17N3/c1-2-4-14-11-15(6-5-13(14)3-1)18-19-10-9-17(21-18)12-20-16-7-8-16/h1-6,9-11,16,20H,7-8,12H2. The molecule has 0 unspecified atom stereocenters. The number of nitrogens with zero attached hydrogens (tertiary/aromatic N) is 2. The van der Waals surface area contributed by atoms with Crippen molar-refractivity contribution in [2.24, 2.45) is 0 Å². The van der Waals surface area contributed by atoms with Crippen molar-refractivity contribution in [3.8, 4) is 11.4 Å². The summed E-state index contributed by atoms with van der Waals surface area (Å²) in [5.74, 6) is 0.802. The Kier molecular flexibility index (Phi) is 3.13. The van der Waals surface area contributed by atoms with Crippen molar-refractivity contribution < 1.29 is 0 Å². The Labute approximate surface area is 124 Å². The highest BCUT2D eigenvalue weighted by atomic mass is 15.0. The van der Waals surface area contributed by atoms with Gasteiger partial charge in [0.15, 0.2) is 5.82 Å². The second-order valence-electron chi connectivity index (χ2n) is 5.59. The van der Waals surface area contributed by atoms with Gasteiger partial charge in [0.05, 0.1) is 5.69 Å². The summed E-state index contributed by atoms with van der Waals surface area (Å²) in [5.41, 5.74) is 2.13. The molecule has 3 heteroatoms. The molecule has 0 saturated heterocycles. The quantitative estimate of drug-likeness (QED) is 0.791. The summed E-state index contributed by atoms with van der Waals surface area (Å²) in [6.07, 6.45) is 4.44. The summed E-state index contributed by atoms with van der Waals surface area (Å²) in [5, 5.41) is 5.96. The lowest BCUT2D eigenvalue weighted by atomic mass is 10.1. The lowest BCUT2D eigenvalue weighted by Gasteiger charge is -2.06. The minimum atomic E-state index is 0.698. The Morgan fingerprint density at radius 1 is 1.00 bits per heavy atom. The molecule has 1 fully saturated rings. The molecule has 4 rings (SSSR count). The zero-order chi connectivity index (χ0) is 14.1. The van der Waals surface area contributed by atoms with Crippen LogP contribution in [0.15, 0.2) is 54.7 Å². The molecule has 3 aromatic rings. The second kappa shape index (κ2) is 5.26. The first-order chi connectivity index (χ1) is 10.4. The van der Waals surface area contributed by atoms with Crippen molar-refractivity contribution >= 4 is 10.8 Å². The first-order valence-corrected chi connectivity index (χ1v) is 7.43. The average molecular weight is 275 g/mol. The van der Waals surface area contributed by atoms with E-state index in [4.69, 9.17) is 0 Å². The molecule has 0 radical (unpaired) electrons. The third kappa shape index (κ3) is 2.78. The number of hydrogen-bond donors (Lipinski definition) is 1. The molecule has 3 nitrogen and oxygen atoms in total.